The Morgan fingerprint density at radius 2 is 2.07 bits per heavy atom. The van der Waals surface area contributed by atoms with Crippen molar-refractivity contribution < 1.29 is 23.0 Å². The Morgan fingerprint density at radius 3 is 2.98 bits per heavy atom. The lowest BCUT2D eigenvalue weighted by Crippen LogP contribution is -2.60. The maximum absolute atomic E-state index is 16.9. The number of nitrogens with one attached hydrogen (secondary N) is 1. The van der Waals surface area contributed by atoms with Gasteiger partial charge in [0.25, 0.3) is 0 Å². The summed E-state index contributed by atoms with van der Waals surface area (Å²) in [6.45, 7) is 2.67. The van der Waals surface area contributed by atoms with E-state index < -0.39 is 12.0 Å². The van der Waals surface area contributed by atoms with Gasteiger partial charge in [0, 0.05) is 37.2 Å². The van der Waals surface area contributed by atoms with Crippen molar-refractivity contribution in [2.45, 2.75) is 61.9 Å². The summed E-state index contributed by atoms with van der Waals surface area (Å²) < 4.78 is 49.6. The highest BCUT2D eigenvalue weighted by atomic mass is 19.1. The smallest absolute Gasteiger partial charge is 0.319 e. The van der Waals surface area contributed by atoms with Crippen molar-refractivity contribution in [3.63, 3.8) is 0 Å². The summed E-state index contributed by atoms with van der Waals surface area (Å²) in [6, 6.07) is 12.1. The molecule has 5 atom stereocenters. The zero-order chi connectivity index (χ0) is 29.6. The van der Waals surface area contributed by atoms with Gasteiger partial charge < -0.3 is 24.4 Å². The number of hydrogen-bond donors (Lipinski definition) is 1. The Balaban J connectivity index is 1.21. The van der Waals surface area contributed by atoms with Gasteiger partial charge in [-0.1, -0.05) is 24.3 Å². The van der Waals surface area contributed by atoms with Crippen LogP contribution in [0.25, 0.3) is 32.9 Å². The molecule has 5 aliphatic heterocycles. The second-order valence-corrected chi connectivity index (χ2v) is 13.0. The molecule has 7 heterocycles. The number of aromatic nitrogens is 3. The van der Waals surface area contributed by atoms with Gasteiger partial charge in [0.15, 0.2) is 5.82 Å². The average Bonchev–Trinajstić information content (AvgIpc) is 3.67. The van der Waals surface area contributed by atoms with Gasteiger partial charge in [-0.2, -0.15) is 9.97 Å². The lowest BCUT2D eigenvalue weighted by atomic mass is 9.95. The summed E-state index contributed by atoms with van der Waals surface area (Å²) in [5.74, 6) is 1.02. The standard InChI is InChI=1S/C33H34F2N6O3/c1-42-21-8-6-18-4-2-5-22(23(18)12-21)28-27(35)29-26-30(41-15-20-7-9-24(36-20)25(41)16-43-31(26)37-28)39-32(38-29)44-17-33-10-3-11-40(33)14-19(34)13-33/h2,4-6,8,12,19-20,24-25,36H,3,7,9-11,13-17H2,1H3/t19-,20?,24?,25?,33+/m1/s1. The highest BCUT2D eigenvalue weighted by molar-refractivity contribution is 6.01. The molecule has 228 valence electrons. The Labute approximate surface area is 253 Å². The third kappa shape index (κ3) is 3.98. The number of piperazine rings is 1. The van der Waals surface area contributed by atoms with Gasteiger partial charge in [-0.05, 0) is 55.1 Å². The van der Waals surface area contributed by atoms with Gasteiger partial charge in [0.2, 0.25) is 5.88 Å². The molecule has 0 radical (unpaired) electrons. The van der Waals surface area contributed by atoms with E-state index in [0.717, 1.165) is 49.5 Å². The molecule has 4 fully saturated rings. The molecule has 4 saturated heterocycles. The number of pyridine rings is 1. The summed E-state index contributed by atoms with van der Waals surface area (Å²) in [7, 11) is 1.61. The second kappa shape index (κ2) is 9.84. The van der Waals surface area contributed by atoms with Gasteiger partial charge >= 0.3 is 6.01 Å². The second-order valence-electron chi connectivity index (χ2n) is 13.0. The number of nitrogens with zero attached hydrogens (tertiary/aromatic N) is 5. The number of anilines is 1. The first kappa shape index (κ1) is 26.6. The van der Waals surface area contributed by atoms with Crippen LogP contribution < -0.4 is 24.4 Å². The molecule has 44 heavy (non-hydrogen) atoms. The lowest BCUT2D eigenvalue weighted by Gasteiger charge is -2.40. The van der Waals surface area contributed by atoms with Gasteiger partial charge in [0.1, 0.15) is 47.5 Å². The SMILES string of the molecule is COc1ccc2cccc(-c3nc4c5c(nc(OC[C@@]67CCCN6C[C@H](F)C7)nc5c3F)N3CC5CCC(N5)C3CO4)c2c1. The fraction of sp³-hybridized carbons (Fsp3) is 0.485. The summed E-state index contributed by atoms with van der Waals surface area (Å²) in [4.78, 5) is 18.9. The van der Waals surface area contributed by atoms with E-state index in [1.165, 1.54) is 0 Å². The number of alkyl halides is 1. The molecule has 4 aromatic rings. The maximum Gasteiger partial charge on any atom is 0.319 e. The van der Waals surface area contributed by atoms with E-state index >= 15 is 4.39 Å². The van der Waals surface area contributed by atoms with Crippen LogP contribution in [0.2, 0.25) is 0 Å². The largest absolute Gasteiger partial charge is 0.497 e. The number of halogens is 2. The topological polar surface area (TPSA) is 84.9 Å². The third-order valence-corrected chi connectivity index (χ3v) is 10.5. The summed E-state index contributed by atoms with van der Waals surface area (Å²) in [6.07, 6.45) is 3.54. The fourth-order valence-electron chi connectivity index (χ4n) is 8.39. The highest BCUT2D eigenvalue weighted by Gasteiger charge is 2.50. The molecule has 11 heteroatoms. The van der Waals surface area contributed by atoms with E-state index in [9.17, 15) is 4.39 Å². The molecule has 2 aromatic heterocycles. The van der Waals surface area contributed by atoms with Crippen LogP contribution in [0.4, 0.5) is 14.6 Å². The molecule has 1 N–H and O–H groups in total. The number of fused-ring (bicyclic) bond motifs is 7. The molecule has 9 nitrogen and oxygen atoms in total. The highest BCUT2D eigenvalue weighted by Crippen LogP contribution is 2.45. The molecular weight excluding hydrogens is 566 g/mol. The normalized spacial score (nSPS) is 29.0. The molecule has 0 amide bonds. The summed E-state index contributed by atoms with van der Waals surface area (Å²) in [5, 5.41) is 5.93. The first-order chi connectivity index (χ1) is 21.5. The van der Waals surface area contributed by atoms with Crippen molar-refractivity contribution >= 4 is 27.5 Å². The first-order valence-electron chi connectivity index (χ1n) is 15.7. The monoisotopic (exact) mass is 600 g/mol. The number of ether oxygens (including phenoxy) is 3. The van der Waals surface area contributed by atoms with Crippen molar-refractivity contribution in [3.8, 4) is 28.9 Å². The van der Waals surface area contributed by atoms with Gasteiger partial charge in [0.05, 0.1) is 18.7 Å². The molecule has 0 spiro atoms. The number of methoxy groups -OCH3 is 1. The van der Waals surface area contributed by atoms with E-state index in [0.29, 0.717) is 54.0 Å². The molecule has 2 aromatic carbocycles. The molecular formula is C33H34F2N6O3. The molecule has 9 rings (SSSR count). The van der Waals surface area contributed by atoms with Crippen molar-refractivity contribution in [2.24, 2.45) is 0 Å². The zero-order valence-electron chi connectivity index (χ0n) is 24.6. The predicted molar refractivity (Wildman–Crippen MR) is 162 cm³/mol. The number of hydrogen-bond acceptors (Lipinski definition) is 9. The predicted octanol–water partition coefficient (Wildman–Crippen LogP) is 4.65. The van der Waals surface area contributed by atoms with Gasteiger partial charge in [-0.15, -0.1) is 0 Å². The van der Waals surface area contributed by atoms with Crippen LogP contribution in [0.5, 0.6) is 17.6 Å². The van der Waals surface area contributed by atoms with Crippen LogP contribution in [0, 0.1) is 5.82 Å². The number of benzene rings is 2. The molecule has 0 saturated carbocycles. The molecule has 0 aliphatic carbocycles. The van der Waals surface area contributed by atoms with E-state index in [2.05, 4.69) is 15.1 Å². The summed E-state index contributed by atoms with van der Waals surface area (Å²) in [5.41, 5.74) is 0.511. The van der Waals surface area contributed by atoms with Gasteiger partial charge in [-0.3, -0.25) is 4.90 Å². The minimum Gasteiger partial charge on any atom is -0.497 e. The maximum atomic E-state index is 16.9. The average molecular weight is 601 g/mol. The van der Waals surface area contributed by atoms with E-state index in [4.69, 9.17) is 29.2 Å². The lowest BCUT2D eigenvalue weighted by molar-refractivity contribution is 0.107. The van der Waals surface area contributed by atoms with E-state index in [1.54, 1.807) is 7.11 Å². The van der Waals surface area contributed by atoms with Crippen molar-refractivity contribution in [3.05, 3.63) is 42.2 Å². The van der Waals surface area contributed by atoms with Crippen molar-refractivity contribution in [1.29, 1.82) is 0 Å². The van der Waals surface area contributed by atoms with E-state index in [1.807, 2.05) is 36.4 Å². The quantitative estimate of drug-likeness (QED) is 0.352. The third-order valence-electron chi connectivity index (χ3n) is 10.5. The Morgan fingerprint density at radius 1 is 1.14 bits per heavy atom. The molecule has 3 unspecified atom stereocenters. The van der Waals surface area contributed by atoms with Crippen LogP contribution in [0.1, 0.15) is 32.1 Å². The van der Waals surface area contributed by atoms with Crippen LogP contribution >= 0.6 is 0 Å². The first-order valence-corrected chi connectivity index (χ1v) is 15.7. The minimum absolute atomic E-state index is 0.00766. The molecule has 2 bridgehead atoms. The van der Waals surface area contributed by atoms with Crippen LogP contribution in [0.15, 0.2) is 36.4 Å². The molecule has 5 aliphatic rings. The van der Waals surface area contributed by atoms with Crippen LogP contribution in [0.3, 0.4) is 0 Å². The zero-order valence-corrected chi connectivity index (χ0v) is 24.6. The minimum atomic E-state index is -0.872. The Hall–Kier alpha value is -3.83. The van der Waals surface area contributed by atoms with Crippen LogP contribution in [-0.2, 0) is 0 Å². The Bertz CT molecular complexity index is 1810. The summed E-state index contributed by atoms with van der Waals surface area (Å²) >= 11 is 0. The van der Waals surface area contributed by atoms with Crippen LogP contribution in [-0.4, -0.2) is 89.6 Å². The van der Waals surface area contributed by atoms with E-state index in [-0.39, 0.29) is 41.5 Å². The fourth-order valence-corrected chi connectivity index (χ4v) is 8.39. The van der Waals surface area contributed by atoms with Gasteiger partial charge in [-0.25, -0.2) is 13.8 Å². The van der Waals surface area contributed by atoms with Crippen molar-refractivity contribution in [2.75, 3.05) is 44.9 Å². The Kier molecular flexibility index (Phi) is 5.94. The van der Waals surface area contributed by atoms with Crippen molar-refractivity contribution in [1.82, 2.24) is 25.2 Å². The number of rotatable bonds is 5.